The van der Waals surface area contributed by atoms with Gasteiger partial charge in [-0.25, -0.2) is 0 Å². The van der Waals surface area contributed by atoms with E-state index in [1.54, 1.807) is 23.7 Å². The number of nitro groups is 1. The van der Waals surface area contributed by atoms with E-state index >= 15 is 0 Å². The van der Waals surface area contributed by atoms with E-state index in [-0.39, 0.29) is 35.1 Å². The van der Waals surface area contributed by atoms with Crippen LogP contribution in [0.1, 0.15) is 28.2 Å². The topological polar surface area (TPSA) is 120 Å². The number of nitrogens with one attached hydrogen (secondary N) is 1. The molecule has 3 rings (SSSR count). The van der Waals surface area contributed by atoms with Crippen LogP contribution >= 0.6 is 23.4 Å². The summed E-state index contributed by atoms with van der Waals surface area (Å²) in [4.78, 5) is 35.0. The summed E-state index contributed by atoms with van der Waals surface area (Å²) in [6.45, 7) is 1.88. The molecule has 0 saturated heterocycles. The second-order valence-corrected chi connectivity index (χ2v) is 8.34. The van der Waals surface area contributed by atoms with Crippen molar-refractivity contribution in [3.8, 4) is 0 Å². The van der Waals surface area contributed by atoms with Crippen LogP contribution in [0, 0.1) is 17.0 Å². The van der Waals surface area contributed by atoms with Crippen LogP contribution in [0.2, 0.25) is 5.02 Å². The predicted octanol–water partition coefficient (Wildman–Crippen LogP) is 4.23. The Morgan fingerprint density at radius 2 is 2.00 bits per heavy atom. The van der Waals surface area contributed by atoms with Crippen molar-refractivity contribution in [3.05, 3.63) is 74.6 Å². The lowest BCUT2D eigenvalue weighted by Gasteiger charge is -2.07. The summed E-state index contributed by atoms with van der Waals surface area (Å²) in [5.41, 5.74) is 1.69. The second-order valence-electron chi connectivity index (χ2n) is 6.99. The van der Waals surface area contributed by atoms with Gasteiger partial charge in [0.15, 0.2) is 10.9 Å². The summed E-state index contributed by atoms with van der Waals surface area (Å²) in [6.07, 6.45) is 0.572. The zero-order valence-electron chi connectivity index (χ0n) is 17.4. The van der Waals surface area contributed by atoms with Crippen LogP contribution < -0.4 is 5.32 Å². The van der Waals surface area contributed by atoms with Gasteiger partial charge >= 0.3 is 0 Å². The van der Waals surface area contributed by atoms with Crippen LogP contribution in [0.3, 0.4) is 0 Å². The van der Waals surface area contributed by atoms with E-state index in [0.29, 0.717) is 28.1 Å². The molecule has 0 aliphatic rings. The number of non-ortho nitro benzene ring substituents is 1. The summed E-state index contributed by atoms with van der Waals surface area (Å²) in [5.74, 6) is 0.233. The molecule has 3 aromatic rings. The van der Waals surface area contributed by atoms with Gasteiger partial charge in [0, 0.05) is 48.3 Å². The molecule has 0 bridgehead atoms. The SMILES string of the molecule is Cc1ccc(NC(=O)CCc2nnc(SCC(=O)c3cccc([N+](=O)[O-])c3)n2C)cc1Cl. The third-order valence-electron chi connectivity index (χ3n) is 4.67. The molecule has 1 amide bonds. The number of aryl methyl sites for hydroxylation is 2. The summed E-state index contributed by atoms with van der Waals surface area (Å²) in [7, 11) is 1.76. The number of hydrogen-bond donors (Lipinski definition) is 1. The molecular weight excluding hydrogens is 454 g/mol. The first-order chi connectivity index (χ1) is 15.2. The zero-order chi connectivity index (χ0) is 23.3. The Morgan fingerprint density at radius 3 is 2.72 bits per heavy atom. The number of aromatic nitrogens is 3. The number of thioether (sulfide) groups is 1. The molecular formula is C21H20ClN5O4S. The Balaban J connectivity index is 1.54. The standard InChI is InChI=1S/C21H20ClN5O4S/c1-13-6-7-15(11-17(13)22)23-20(29)9-8-19-24-25-21(26(19)2)32-12-18(28)14-4-3-5-16(10-14)27(30)31/h3-7,10-11H,8-9,12H2,1-2H3,(H,23,29). The molecule has 0 spiro atoms. The number of ketones is 1. The van der Waals surface area contributed by atoms with Gasteiger partial charge < -0.3 is 9.88 Å². The van der Waals surface area contributed by atoms with Gasteiger partial charge in [-0.15, -0.1) is 10.2 Å². The molecule has 0 atom stereocenters. The van der Waals surface area contributed by atoms with Crippen molar-refractivity contribution in [2.45, 2.75) is 24.9 Å². The van der Waals surface area contributed by atoms with Crippen LogP contribution in [-0.4, -0.2) is 37.1 Å². The average Bonchev–Trinajstić information content (AvgIpc) is 3.12. The Hall–Kier alpha value is -3.24. The fraction of sp³-hybridized carbons (Fsp3) is 0.238. The number of halogens is 1. The number of benzene rings is 2. The van der Waals surface area contributed by atoms with Crippen LogP contribution in [0.4, 0.5) is 11.4 Å². The minimum absolute atomic E-state index is 0.0574. The first kappa shape index (κ1) is 23.4. The number of amides is 1. The van der Waals surface area contributed by atoms with Gasteiger partial charge in [-0.1, -0.05) is 41.6 Å². The highest BCUT2D eigenvalue weighted by Gasteiger charge is 2.16. The number of rotatable bonds is 9. The average molecular weight is 474 g/mol. The minimum atomic E-state index is -0.539. The van der Waals surface area contributed by atoms with Gasteiger partial charge in [0.05, 0.1) is 10.7 Å². The molecule has 166 valence electrons. The first-order valence-corrected chi connectivity index (χ1v) is 11.0. The molecule has 11 heteroatoms. The fourth-order valence-corrected chi connectivity index (χ4v) is 3.82. The largest absolute Gasteiger partial charge is 0.326 e. The number of carbonyl (C=O) groups is 2. The fourth-order valence-electron chi connectivity index (χ4n) is 2.81. The van der Waals surface area contributed by atoms with E-state index in [4.69, 9.17) is 11.6 Å². The number of anilines is 1. The highest BCUT2D eigenvalue weighted by atomic mass is 35.5. The maximum absolute atomic E-state index is 12.4. The molecule has 32 heavy (non-hydrogen) atoms. The van der Waals surface area contributed by atoms with Gasteiger partial charge in [0.1, 0.15) is 5.82 Å². The highest BCUT2D eigenvalue weighted by molar-refractivity contribution is 7.99. The van der Waals surface area contributed by atoms with Crippen LogP contribution in [0.15, 0.2) is 47.6 Å². The van der Waals surface area contributed by atoms with Crippen molar-refractivity contribution < 1.29 is 14.5 Å². The third-order valence-corrected chi connectivity index (χ3v) is 6.10. The number of carbonyl (C=O) groups excluding carboxylic acids is 2. The van der Waals surface area contributed by atoms with Crippen molar-refractivity contribution in [1.82, 2.24) is 14.8 Å². The van der Waals surface area contributed by atoms with E-state index in [9.17, 15) is 19.7 Å². The lowest BCUT2D eigenvalue weighted by Crippen LogP contribution is -2.13. The molecule has 0 aliphatic carbocycles. The number of nitrogens with zero attached hydrogens (tertiary/aromatic N) is 4. The van der Waals surface area contributed by atoms with Gasteiger partial charge in [-0.3, -0.25) is 19.7 Å². The number of nitro benzene ring substituents is 1. The van der Waals surface area contributed by atoms with Crippen molar-refractivity contribution in [3.63, 3.8) is 0 Å². The van der Waals surface area contributed by atoms with Gasteiger partial charge in [0.2, 0.25) is 5.91 Å². The molecule has 0 unspecified atom stereocenters. The molecule has 0 aliphatic heterocycles. The first-order valence-electron chi connectivity index (χ1n) is 9.59. The van der Waals surface area contributed by atoms with Crippen molar-refractivity contribution in [2.75, 3.05) is 11.1 Å². The Bertz CT molecular complexity index is 1180. The van der Waals surface area contributed by atoms with E-state index in [0.717, 1.165) is 5.56 Å². The lowest BCUT2D eigenvalue weighted by molar-refractivity contribution is -0.384. The maximum Gasteiger partial charge on any atom is 0.270 e. The molecule has 1 aromatic heterocycles. The maximum atomic E-state index is 12.4. The van der Waals surface area contributed by atoms with Gasteiger partial charge in [-0.2, -0.15) is 0 Å². The van der Waals surface area contributed by atoms with Gasteiger partial charge in [0.25, 0.3) is 5.69 Å². The Kier molecular flexibility index (Phi) is 7.60. The normalized spacial score (nSPS) is 10.7. The van der Waals surface area contributed by atoms with E-state index < -0.39 is 4.92 Å². The predicted molar refractivity (Wildman–Crippen MR) is 122 cm³/mol. The van der Waals surface area contributed by atoms with Crippen LogP contribution in [0.25, 0.3) is 0 Å². The van der Waals surface area contributed by atoms with E-state index in [1.807, 2.05) is 13.0 Å². The molecule has 9 nitrogen and oxygen atoms in total. The molecule has 0 saturated carbocycles. The summed E-state index contributed by atoms with van der Waals surface area (Å²) in [5, 5.41) is 22.9. The summed E-state index contributed by atoms with van der Waals surface area (Å²) in [6, 6.07) is 10.9. The Morgan fingerprint density at radius 1 is 1.22 bits per heavy atom. The molecule has 0 fully saturated rings. The van der Waals surface area contributed by atoms with E-state index in [1.165, 1.54) is 36.0 Å². The monoisotopic (exact) mass is 473 g/mol. The smallest absolute Gasteiger partial charge is 0.270 e. The van der Waals surface area contributed by atoms with Crippen molar-refractivity contribution >= 4 is 46.4 Å². The number of Topliss-reactive ketones (excluding diaryl/α,β-unsaturated/α-hetero) is 1. The quantitative estimate of drug-likeness (QED) is 0.213. The zero-order valence-corrected chi connectivity index (χ0v) is 18.9. The highest BCUT2D eigenvalue weighted by Crippen LogP contribution is 2.21. The van der Waals surface area contributed by atoms with Gasteiger partial charge in [-0.05, 0) is 24.6 Å². The van der Waals surface area contributed by atoms with E-state index in [2.05, 4.69) is 15.5 Å². The van der Waals surface area contributed by atoms with Crippen molar-refractivity contribution in [2.24, 2.45) is 7.05 Å². The van der Waals surface area contributed by atoms with Crippen LogP contribution in [-0.2, 0) is 18.3 Å². The molecule has 1 heterocycles. The third kappa shape index (κ3) is 5.92. The summed E-state index contributed by atoms with van der Waals surface area (Å²) < 4.78 is 1.72. The van der Waals surface area contributed by atoms with Crippen LogP contribution in [0.5, 0.6) is 0 Å². The Labute approximate surface area is 193 Å². The lowest BCUT2D eigenvalue weighted by atomic mass is 10.1. The number of hydrogen-bond acceptors (Lipinski definition) is 7. The molecule has 0 radical (unpaired) electrons. The molecule has 2 aromatic carbocycles. The second kappa shape index (κ2) is 10.4. The molecule has 1 N–H and O–H groups in total. The minimum Gasteiger partial charge on any atom is -0.326 e. The van der Waals surface area contributed by atoms with Crippen molar-refractivity contribution in [1.29, 1.82) is 0 Å². The summed E-state index contributed by atoms with van der Waals surface area (Å²) >= 11 is 7.26.